The van der Waals surface area contributed by atoms with Crippen LogP contribution in [0.25, 0.3) is 0 Å². The average Bonchev–Trinajstić information content (AvgIpc) is 1.84. The van der Waals surface area contributed by atoms with Gasteiger partial charge in [-0.1, -0.05) is 13.8 Å². The topological polar surface area (TPSA) is 69.1 Å². The Balaban J connectivity index is 3.72. The van der Waals surface area contributed by atoms with Crippen LogP contribution < -0.4 is 11.5 Å². The van der Waals surface area contributed by atoms with Gasteiger partial charge in [-0.2, -0.15) is 0 Å². The van der Waals surface area contributed by atoms with Gasteiger partial charge >= 0.3 is 0 Å². The van der Waals surface area contributed by atoms with Crippen molar-refractivity contribution in [1.29, 1.82) is 0 Å². The molecular weight excluding hydrogens is 116 g/mol. The predicted octanol–water partition coefficient (Wildman–Crippen LogP) is -0.155. The molecule has 0 aromatic heterocycles. The quantitative estimate of drug-likeness (QED) is 0.557. The third kappa shape index (κ3) is 2.46. The molecule has 1 amide bonds. The van der Waals surface area contributed by atoms with Crippen LogP contribution in [0.2, 0.25) is 0 Å². The summed E-state index contributed by atoms with van der Waals surface area (Å²) < 4.78 is 0. The highest BCUT2D eigenvalue weighted by atomic mass is 16.1. The van der Waals surface area contributed by atoms with Gasteiger partial charge in [0.2, 0.25) is 5.91 Å². The van der Waals surface area contributed by atoms with Crippen molar-refractivity contribution in [2.75, 3.05) is 0 Å². The number of amides is 1. The Morgan fingerprint density at radius 3 is 2.22 bits per heavy atom. The van der Waals surface area contributed by atoms with E-state index in [9.17, 15) is 4.79 Å². The number of hydrogen-bond acceptors (Lipinski definition) is 2. The monoisotopic (exact) mass is 130 g/mol. The zero-order chi connectivity index (χ0) is 7.44. The molecule has 2 unspecified atom stereocenters. The van der Waals surface area contributed by atoms with Gasteiger partial charge in [-0.25, -0.2) is 0 Å². The summed E-state index contributed by atoms with van der Waals surface area (Å²) in [7, 11) is 0. The summed E-state index contributed by atoms with van der Waals surface area (Å²) in [6, 6.07) is -0.0810. The van der Waals surface area contributed by atoms with Gasteiger partial charge in [0, 0.05) is 12.0 Å². The van der Waals surface area contributed by atoms with E-state index in [-0.39, 0.29) is 17.9 Å². The van der Waals surface area contributed by atoms with Crippen molar-refractivity contribution in [2.24, 2.45) is 17.4 Å². The van der Waals surface area contributed by atoms with Gasteiger partial charge in [-0.05, 0) is 6.42 Å². The van der Waals surface area contributed by atoms with Gasteiger partial charge < -0.3 is 11.5 Å². The summed E-state index contributed by atoms with van der Waals surface area (Å²) in [5.41, 5.74) is 10.5. The Bertz CT molecular complexity index is 103. The first-order chi connectivity index (χ1) is 4.09. The number of carbonyl (C=O) groups is 1. The van der Waals surface area contributed by atoms with E-state index in [4.69, 9.17) is 11.5 Å². The molecule has 0 aliphatic carbocycles. The lowest BCUT2D eigenvalue weighted by Gasteiger charge is -2.13. The van der Waals surface area contributed by atoms with Crippen molar-refractivity contribution in [1.82, 2.24) is 0 Å². The van der Waals surface area contributed by atoms with Crippen molar-refractivity contribution in [3.05, 3.63) is 0 Å². The van der Waals surface area contributed by atoms with E-state index in [2.05, 4.69) is 0 Å². The summed E-state index contributed by atoms with van der Waals surface area (Å²) in [6.45, 7) is 3.68. The first-order valence-corrected chi connectivity index (χ1v) is 3.14. The molecule has 9 heavy (non-hydrogen) atoms. The van der Waals surface area contributed by atoms with Crippen molar-refractivity contribution in [3.63, 3.8) is 0 Å². The minimum absolute atomic E-state index is 0.0810. The molecule has 0 aliphatic rings. The van der Waals surface area contributed by atoms with Crippen LogP contribution in [0.1, 0.15) is 20.3 Å². The summed E-state index contributed by atoms with van der Waals surface area (Å²) in [4.78, 5) is 10.4. The lowest BCUT2D eigenvalue weighted by molar-refractivity contribution is -0.121. The second kappa shape index (κ2) is 3.45. The second-order valence-corrected chi connectivity index (χ2v) is 2.26. The van der Waals surface area contributed by atoms with E-state index in [0.717, 1.165) is 6.42 Å². The SMILES string of the molecule is CCC(N)C(C)C(N)=O. The largest absolute Gasteiger partial charge is 0.369 e. The minimum atomic E-state index is -0.315. The Kier molecular flexibility index (Phi) is 3.24. The molecule has 0 heterocycles. The first kappa shape index (κ1) is 8.43. The molecule has 4 N–H and O–H groups in total. The van der Waals surface area contributed by atoms with Crippen molar-refractivity contribution < 1.29 is 4.79 Å². The maximum absolute atomic E-state index is 10.4. The van der Waals surface area contributed by atoms with Crippen molar-refractivity contribution in [2.45, 2.75) is 26.3 Å². The highest BCUT2D eigenvalue weighted by Crippen LogP contribution is 2.01. The van der Waals surface area contributed by atoms with Crippen LogP contribution in [-0.2, 0) is 4.79 Å². The molecule has 0 saturated carbocycles. The van der Waals surface area contributed by atoms with E-state index >= 15 is 0 Å². The average molecular weight is 130 g/mol. The number of nitrogens with two attached hydrogens (primary N) is 2. The van der Waals surface area contributed by atoms with Crippen molar-refractivity contribution >= 4 is 5.91 Å². The predicted molar refractivity (Wildman–Crippen MR) is 36.6 cm³/mol. The number of primary amides is 1. The van der Waals surface area contributed by atoms with E-state index < -0.39 is 0 Å². The van der Waals surface area contributed by atoms with E-state index in [1.807, 2.05) is 6.92 Å². The van der Waals surface area contributed by atoms with Crippen LogP contribution >= 0.6 is 0 Å². The van der Waals surface area contributed by atoms with Crippen LogP contribution in [0.5, 0.6) is 0 Å². The van der Waals surface area contributed by atoms with Crippen molar-refractivity contribution in [3.8, 4) is 0 Å². The normalized spacial score (nSPS) is 16.8. The molecule has 54 valence electrons. The Hall–Kier alpha value is -0.570. The fourth-order valence-electron chi connectivity index (χ4n) is 0.565. The molecule has 0 radical (unpaired) electrons. The van der Waals surface area contributed by atoms with E-state index in [1.54, 1.807) is 6.92 Å². The summed E-state index contributed by atoms with van der Waals surface area (Å²) >= 11 is 0. The van der Waals surface area contributed by atoms with E-state index in [1.165, 1.54) is 0 Å². The van der Waals surface area contributed by atoms with Gasteiger partial charge in [-0.3, -0.25) is 4.79 Å². The number of rotatable bonds is 3. The Morgan fingerprint density at radius 1 is 1.67 bits per heavy atom. The van der Waals surface area contributed by atoms with Crippen LogP contribution in [-0.4, -0.2) is 11.9 Å². The minimum Gasteiger partial charge on any atom is -0.369 e. The number of hydrogen-bond donors (Lipinski definition) is 2. The fraction of sp³-hybridized carbons (Fsp3) is 0.833. The van der Waals surface area contributed by atoms with Gasteiger partial charge in [0.25, 0.3) is 0 Å². The molecule has 0 spiro atoms. The lowest BCUT2D eigenvalue weighted by atomic mass is 10.0. The van der Waals surface area contributed by atoms with Gasteiger partial charge in [0.15, 0.2) is 0 Å². The third-order valence-corrected chi connectivity index (χ3v) is 1.56. The van der Waals surface area contributed by atoms with Gasteiger partial charge in [0.05, 0.1) is 0 Å². The highest BCUT2D eigenvalue weighted by Gasteiger charge is 2.15. The molecule has 0 aromatic rings. The molecule has 3 heteroatoms. The summed E-state index contributed by atoms with van der Waals surface area (Å²) in [5, 5.41) is 0. The molecule has 0 rings (SSSR count). The zero-order valence-corrected chi connectivity index (χ0v) is 5.92. The molecule has 3 nitrogen and oxygen atoms in total. The standard InChI is InChI=1S/C6H14N2O/c1-3-5(7)4(2)6(8)9/h4-5H,3,7H2,1-2H3,(H2,8,9). The molecule has 0 aromatic carbocycles. The van der Waals surface area contributed by atoms with E-state index in [0.29, 0.717) is 0 Å². The maximum Gasteiger partial charge on any atom is 0.221 e. The third-order valence-electron chi connectivity index (χ3n) is 1.56. The first-order valence-electron chi connectivity index (χ1n) is 3.14. The molecule has 0 fully saturated rings. The Morgan fingerprint density at radius 2 is 2.11 bits per heavy atom. The lowest BCUT2D eigenvalue weighted by Crippen LogP contribution is -2.36. The molecule has 2 atom stereocenters. The molecule has 0 aliphatic heterocycles. The zero-order valence-electron chi connectivity index (χ0n) is 5.92. The summed E-state index contributed by atoms with van der Waals surface area (Å²) in [5.74, 6) is -0.514. The van der Waals surface area contributed by atoms with Crippen LogP contribution in [0, 0.1) is 5.92 Å². The smallest absolute Gasteiger partial charge is 0.221 e. The van der Waals surface area contributed by atoms with Crippen LogP contribution in [0.15, 0.2) is 0 Å². The van der Waals surface area contributed by atoms with Gasteiger partial charge in [-0.15, -0.1) is 0 Å². The summed E-state index contributed by atoms with van der Waals surface area (Å²) in [6.07, 6.45) is 0.796. The highest BCUT2D eigenvalue weighted by molar-refractivity contribution is 5.76. The molecule has 0 bridgehead atoms. The fourth-order valence-corrected chi connectivity index (χ4v) is 0.565. The van der Waals surface area contributed by atoms with Gasteiger partial charge in [0.1, 0.15) is 0 Å². The Labute approximate surface area is 55.4 Å². The number of carbonyl (C=O) groups excluding carboxylic acids is 1. The second-order valence-electron chi connectivity index (χ2n) is 2.26. The maximum atomic E-state index is 10.4. The molecular formula is C6H14N2O. The van der Waals surface area contributed by atoms with Crippen LogP contribution in [0.4, 0.5) is 0 Å². The molecule has 0 saturated heterocycles. The van der Waals surface area contributed by atoms with Crippen LogP contribution in [0.3, 0.4) is 0 Å².